The van der Waals surface area contributed by atoms with Crippen LogP contribution in [0, 0.1) is 0 Å². The normalized spacial score (nSPS) is 12.6. The molecule has 0 aliphatic heterocycles. The zero-order chi connectivity index (χ0) is 15.6. The van der Waals surface area contributed by atoms with Crippen LogP contribution in [0.4, 0.5) is 13.2 Å². The third-order valence-corrected chi connectivity index (χ3v) is 4.17. The predicted molar refractivity (Wildman–Crippen MR) is 60.9 cm³/mol. The Hall–Kier alpha value is -1.65. The average molecular weight is 315 g/mol. The topological polar surface area (TPSA) is 102 Å². The molecule has 0 aliphatic rings. The number of alkyl halides is 3. The van der Waals surface area contributed by atoms with Crippen molar-refractivity contribution in [3.8, 4) is 0 Å². The fourth-order valence-electron chi connectivity index (χ4n) is 1.53. The Morgan fingerprint density at radius 1 is 1.35 bits per heavy atom. The number of hydrogen-bond donors (Lipinski definition) is 1. The van der Waals surface area contributed by atoms with Gasteiger partial charge in [0.1, 0.15) is 0 Å². The van der Waals surface area contributed by atoms with Crippen LogP contribution in [0.1, 0.15) is 29.5 Å². The molecular weight excluding hydrogens is 303 g/mol. The first-order chi connectivity index (χ1) is 9.08. The van der Waals surface area contributed by atoms with Crippen LogP contribution in [0.2, 0.25) is 0 Å². The highest BCUT2D eigenvalue weighted by Gasteiger charge is 2.41. The van der Waals surface area contributed by atoms with Crippen molar-refractivity contribution in [2.75, 3.05) is 11.5 Å². The van der Waals surface area contributed by atoms with E-state index in [-0.39, 0.29) is 10.4 Å². The second kappa shape index (κ2) is 5.77. The van der Waals surface area contributed by atoms with Gasteiger partial charge in [-0.2, -0.15) is 13.2 Å². The summed E-state index contributed by atoms with van der Waals surface area (Å²) in [5.41, 5.74) is -2.80. The summed E-state index contributed by atoms with van der Waals surface area (Å²) in [5, 5.41) is 14.6. The van der Waals surface area contributed by atoms with Gasteiger partial charge in [-0.05, 0) is 6.42 Å². The van der Waals surface area contributed by atoms with Crippen LogP contribution in [0.25, 0.3) is 0 Å². The molecule has 1 heterocycles. The van der Waals surface area contributed by atoms with Crippen LogP contribution in [0.5, 0.6) is 0 Å². The van der Waals surface area contributed by atoms with Crippen molar-refractivity contribution >= 4 is 15.8 Å². The summed E-state index contributed by atoms with van der Waals surface area (Å²) >= 11 is 0. The Balaban J connectivity index is 3.06. The van der Waals surface area contributed by atoms with Crippen molar-refractivity contribution in [2.24, 2.45) is 0 Å². The monoisotopic (exact) mass is 315 g/mol. The van der Waals surface area contributed by atoms with Crippen molar-refractivity contribution < 1.29 is 31.5 Å². The minimum atomic E-state index is -4.98. The molecule has 0 unspecified atom stereocenters. The molecule has 0 aromatic carbocycles. The summed E-state index contributed by atoms with van der Waals surface area (Å²) in [6.07, 6.45) is -4.64. The zero-order valence-corrected chi connectivity index (χ0v) is 11.2. The molecule has 0 amide bonds. The van der Waals surface area contributed by atoms with Crippen molar-refractivity contribution in [3.05, 3.63) is 11.4 Å². The molecule has 1 N–H and O–H groups in total. The molecule has 11 heteroatoms. The number of nitrogens with zero attached hydrogens (tertiary/aromatic N) is 3. The van der Waals surface area contributed by atoms with E-state index in [1.54, 1.807) is 6.92 Å². The first-order valence-corrected chi connectivity index (χ1v) is 7.35. The van der Waals surface area contributed by atoms with Crippen molar-refractivity contribution in [1.29, 1.82) is 0 Å². The molecule has 0 aliphatic carbocycles. The summed E-state index contributed by atoms with van der Waals surface area (Å²) in [6, 6.07) is 0. The summed E-state index contributed by atoms with van der Waals surface area (Å²) in [6.45, 7) is 1.02. The zero-order valence-electron chi connectivity index (χ0n) is 10.4. The van der Waals surface area contributed by atoms with Crippen molar-refractivity contribution in [1.82, 2.24) is 15.0 Å². The third kappa shape index (κ3) is 3.92. The number of carboxylic acids is 1. The van der Waals surface area contributed by atoms with Gasteiger partial charge in [0, 0.05) is 5.75 Å². The Morgan fingerprint density at radius 3 is 2.40 bits per heavy atom. The average Bonchev–Trinajstić information content (AvgIpc) is 2.69. The number of halogens is 3. The van der Waals surface area contributed by atoms with Gasteiger partial charge in [0.25, 0.3) is 0 Å². The van der Waals surface area contributed by atoms with Gasteiger partial charge in [-0.3, -0.25) is 0 Å². The minimum absolute atomic E-state index is 0.158. The molecule has 0 bridgehead atoms. The molecule has 1 aromatic rings. The largest absolute Gasteiger partial charge is 0.476 e. The summed E-state index contributed by atoms with van der Waals surface area (Å²) in [5.74, 6) is -2.60. The van der Waals surface area contributed by atoms with Crippen LogP contribution in [-0.2, 0) is 22.6 Å². The summed E-state index contributed by atoms with van der Waals surface area (Å²) in [7, 11) is -3.51. The highest BCUT2D eigenvalue weighted by atomic mass is 32.2. The van der Waals surface area contributed by atoms with E-state index in [1.807, 2.05) is 0 Å². The van der Waals surface area contributed by atoms with Crippen molar-refractivity contribution in [2.45, 2.75) is 26.1 Å². The molecule has 0 atom stereocenters. The number of aryl methyl sites for hydroxylation is 1. The smallest absolute Gasteiger partial charge is 0.435 e. The Labute approximate surface area is 112 Å². The quantitative estimate of drug-likeness (QED) is 0.834. The molecule has 0 spiro atoms. The lowest BCUT2D eigenvalue weighted by Crippen LogP contribution is -2.22. The molecule has 0 fully saturated rings. The second-order valence-corrected chi connectivity index (χ2v) is 6.27. The highest BCUT2D eigenvalue weighted by molar-refractivity contribution is 7.91. The summed E-state index contributed by atoms with van der Waals surface area (Å²) in [4.78, 5) is 10.7. The fraction of sp³-hybridized carbons (Fsp3) is 0.667. The number of carboxylic acid groups (broad SMARTS) is 1. The van der Waals surface area contributed by atoms with E-state index in [9.17, 15) is 26.4 Å². The Kier molecular flexibility index (Phi) is 4.73. The maximum atomic E-state index is 12.8. The van der Waals surface area contributed by atoms with Crippen molar-refractivity contribution in [3.63, 3.8) is 0 Å². The lowest BCUT2D eigenvalue weighted by atomic mass is 10.3. The lowest BCUT2D eigenvalue weighted by molar-refractivity contribution is -0.144. The number of sulfone groups is 1. The standard InChI is InChI=1S/C9H12F3N3O4S/c1-2-4-20(18,19)5-3-15-7(9(10,11)12)6(8(16)17)13-14-15/h2-5H2,1H3,(H,16,17). The molecule has 0 saturated carbocycles. The fourth-order valence-corrected chi connectivity index (χ4v) is 2.81. The van der Waals surface area contributed by atoms with Gasteiger partial charge in [0.2, 0.25) is 5.69 Å². The van der Waals surface area contributed by atoms with Gasteiger partial charge in [-0.25, -0.2) is 17.9 Å². The summed E-state index contributed by atoms with van der Waals surface area (Å²) < 4.78 is 61.4. The van der Waals surface area contributed by atoms with Gasteiger partial charge in [-0.1, -0.05) is 12.1 Å². The minimum Gasteiger partial charge on any atom is -0.476 e. The molecular formula is C9H12F3N3O4S. The first kappa shape index (κ1) is 16.4. The number of aromatic nitrogens is 3. The number of aromatic carboxylic acids is 1. The van der Waals surface area contributed by atoms with E-state index in [1.165, 1.54) is 0 Å². The van der Waals surface area contributed by atoms with Crippen LogP contribution in [0.3, 0.4) is 0 Å². The van der Waals surface area contributed by atoms with E-state index in [0.29, 0.717) is 6.42 Å². The third-order valence-electron chi connectivity index (χ3n) is 2.34. The molecule has 1 rings (SSSR count). The number of rotatable bonds is 6. The van der Waals surface area contributed by atoms with Gasteiger partial charge in [-0.15, -0.1) is 5.10 Å². The molecule has 114 valence electrons. The predicted octanol–water partition coefficient (Wildman–Crippen LogP) is 0.820. The SMILES string of the molecule is CCCS(=O)(=O)CCn1nnc(C(=O)O)c1C(F)(F)F. The molecule has 0 saturated heterocycles. The molecule has 0 radical (unpaired) electrons. The number of hydrogen-bond acceptors (Lipinski definition) is 5. The van der Waals surface area contributed by atoms with E-state index < -0.39 is 45.7 Å². The maximum absolute atomic E-state index is 12.8. The van der Waals surface area contributed by atoms with E-state index in [4.69, 9.17) is 5.11 Å². The molecule has 7 nitrogen and oxygen atoms in total. The van der Waals surface area contributed by atoms with Gasteiger partial charge in [0.05, 0.1) is 12.3 Å². The van der Waals surface area contributed by atoms with Crippen LogP contribution >= 0.6 is 0 Å². The molecule has 20 heavy (non-hydrogen) atoms. The Bertz CT molecular complexity index is 594. The lowest BCUT2D eigenvalue weighted by Gasteiger charge is -2.10. The molecule has 1 aromatic heterocycles. The second-order valence-electron chi connectivity index (χ2n) is 3.96. The van der Waals surface area contributed by atoms with Crippen LogP contribution in [0.15, 0.2) is 0 Å². The van der Waals surface area contributed by atoms with Gasteiger partial charge < -0.3 is 5.11 Å². The van der Waals surface area contributed by atoms with Gasteiger partial charge in [0.15, 0.2) is 15.5 Å². The van der Waals surface area contributed by atoms with Crippen LogP contribution < -0.4 is 0 Å². The van der Waals surface area contributed by atoms with Gasteiger partial charge >= 0.3 is 12.1 Å². The Morgan fingerprint density at radius 2 is 1.95 bits per heavy atom. The first-order valence-electron chi connectivity index (χ1n) is 5.53. The number of carbonyl (C=O) groups is 1. The van der Waals surface area contributed by atoms with E-state index in [0.717, 1.165) is 0 Å². The van der Waals surface area contributed by atoms with E-state index >= 15 is 0 Å². The van der Waals surface area contributed by atoms with Crippen LogP contribution in [-0.4, -0.2) is 46.0 Å². The van der Waals surface area contributed by atoms with E-state index in [2.05, 4.69) is 10.3 Å². The maximum Gasteiger partial charge on any atom is 0.435 e. The highest BCUT2D eigenvalue weighted by Crippen LogP contribution is 2.31.